The Labute approximate surface area is 378 Å². The van der Waals surface area contributed by atoms with Crippen molar-refractivity contribution in [3.63, 3.8) is 0 Å². The lowest BCUT2D eigenvalue weighted by Gasteiger charge is -2.45. The third kappa shape index (κ3) is 4.79. The predicted molar refractivity (Wildman–Crippen MR) is 268 cm³/mol. The van der Waals surface area contributed by atoms with E-state index in [2.05, 4.69) is 242 Å². The summed E-state index contributed by atoms with van der Waals surface area (Å²) in [5.74, 6) is 1.79. The van der Waals surface area contributed by atoms with Crippen LogP contribution in [0.4, 0.5) is 17.1 Å². The van der Waals surface area contributed by atoms with Crippen LogP contribution in [0.15, 0.2) is 218 Å². The van der Waals surface area contributed by atoms with E-state index in [1.165, 1.54) is 82.8 Å². The lowest BCUT2D eigenvalue weighted by molar-refractivity contribution is 0.435. The fourth-order valence-corrected chi connectivity index (χ4v) is 12.1. The summed E-state index contributed by atoms with van der Waals surface area (Å²) in [7, 11) is 0. The molecule has 1 aliphatic heterocycles. The van der Waals surface area contributed by atoms with Crippen molar-refractivity contribution in [2.24, 2.45) is 0 Å². The van der Waals surface area contributed by atoms with E-state index in [1.807, 2.05) is 0 Å². The number of ether oxygens (including phenoxy) is 1. The van der Waals surface area contributed by atoms with Gasteiger partial charge in [0.15, 0.2) is 0 Å². The molecule has 0 saturated heterocycles. The molecule has 0 atom stereocenters. The van der Waals surface area contributed by atoms with Gasteiger partial charge in [0.05, 0.1) is 22.1 Å². The number of fused-ring (bicyclic) bond motifs is 14. The van der Waals surface area contributed by atoms with Gasteiger partial charge < -0.3 is 14.2 Å². The van der Waals surface area contributed by atoms with Crippen molar-refractivity contribution in [3.05, 3.63) is 252 Å². The van der Waals surface area contributed by atoms with E-state index in [1.54, 1.807) is 0 Å². The van der Waals surface area contributed by atoms with E-state index < -0.39 is 5.41 Å². The first-order valence-electron chi connectivity index (χ1n) is 22.7. The third-order valence-electron chi connectivity index (χ3n) is 14.8. The molecule has 14 rings (SSSR count). The third-order valence-corrected chi connectivity index (χ3v) is 14.8. The number of aromatic nitrogens is 1. The number of anilines is 3. The minimum Gasteiger partial charge on any atom is -0.457 e. The van der Waals surface area contributed by atoms with E-state index in [-0.39, 0.29) is 5.41 Å². The zero-order chi connectivity index (χ0) is 43.0. The number of hydrogen-bond acceptors (Lipinski definition) is 2. The lowest BCUT2D eigenvalue weighted by atomic mass is 9.58. The zero-order valence-electron chi connectivity index (χ0n) is 36.1. The highest BCUT2D eigenvalue weighted by molar-refractivity contribution is 6.14. The van der Waals surface area contributed by atoms with Crippen molar-refractivity contribution in [1.82, 2.24) is 4.57 Å². The molecule has 0 bridgehead atoms. The quantitative estimate of drug-likeness (QED) is 0.176. The monoisotopic (exact) mass is 830 g/mol. The van der Waals surface area contributed by atoms with Crippen LogP contribution < -0.4 is 9.64 Å². The SMILES string of the molecule is CC1(C)c2ccccc2-c2ccc(-n3c4ccccc4c4cc(N(c5ccccc5)c5ccc6c7c(cccc57)C5(c7ccccc7Oc7ccccc75)c5ccccc5-6)ccc43)cc21. The van der Waals surface area contributed by atoms with Crippen molar-refractivity contribution < 1.29 is 4.74 Å². The number of hydrogen-bond donors (Lipinski definition) is 0. The van der Waals surface area contributed by atoms with Gasteiger partial charge in [-0.1, -0.05) is 166 Å². The highest BCUT2D eigenvalue weighted by Gasteiger charge is 2.49. The second-order valence-electron chi connectivity index (χ2n) is 18.4. The van der Waals surface area contributed by atoms with Crippen LogP contribution >= 0.6 is 0 Å². The molecule has 2 heterocycles. The Bertz CT molecular complexity index is 3750. The van der Waals surface area contributed by atoms with Gasteiger partial charge in [-0.25, -0.2) is 0 Å². The molecule has 0 unspecified atom stereocenters. The van der Waals surface area contributed by atoms with Crippen LogP contribution in [0.1, 0.15) is 47.2 Å². The highest BCUT2D eigenvalue weighted by Crippen LogP contribution is 2.62. The second kappa shape index (κ2) is 13.2. The van der Waals surface area contributed by atoms with E-state index >= 15 is 0 Å². The Morgan fingerprint density at radius 2 is 0.969 bits per heavy atom. The molecule has 1 aromatic heterocycles. The molecule has 0 N–H and O–H groups in total. The average Bonchev–Trinajstić information content (AvgIpc) is 3.81. The van der Waals surface area contributed by atoms with Gasteiger partial charge in [0.2, 0.25) is 0 Å². The van der Waals surface area contributed by atoms with Crippen LogP contribution in [0.5, 0.6) is 11.5 Å². The highest BCUT2D eigenvalue weighted by atomic mass is 16.5. The zero-order valence-corrected chi connectivity index (χ0v) is 36.1. The van der Waals surface area contributed by atoms with E-state index in [9.17, 15) is 0 Å². The van der Waals surface area contributed by atoms with Crippen LogP contribution in [0.3, 0.4) is 0 Å². The van der Waals surface area contributed by atoms with Crippen LogP contribution in [-0.4, -0.2) is 4.57 Å². The van der Waals surface area contributed by atoms with Gasteiger partial charge in [-0.05, 0) is 117 Å². The summed E-state index contributed by atoms with van der Waals surface area (Å²) < 4.78 is 9.17. The standard InChI is InChI=1S/C62H42N2O/c1-61(2)49-23-9-6-19-42(49)44-33-31-41(38-54(44)61)64-55-28-13-8-21-45(55)48-37-40(32-35-57(48)64)63(39-17-4-3-5-18-39)56-36-34-46-43-20-7-10-24-50(43)62(53-27-16-22-47(56)60(46)53)51-25-11-14-29-58(51)65-59-30-15-12-26-52(59)62/h3-38H,1-2H3. The first kappa shape index (κ1) is 36.4. The average molecular weight is 831 g/mol. The molecule has 10 aromatic carbocycles. The second-order valence-corrected chi connectivity index (χ2v) is 18.4. The van der Waals surface area contributed by atoms with Gasteiger partial charge in [0, 0.05) is 49.8 Å². The Kier molecular flexibility index (Phi) is 7.38. The molecule has 306 valence electrons. The summed E-state index contributed by atoms with van der Waals surface area (Å²) in [6.07, 6.45) is 0. The van der Waals surface area contributed by atoms with Gasteiger partial charge in [0.25, 0.3) is 0 Å². The van der Waals surface area contributed by atoms with E-state index in [4.69, 9.17) is 4.74 Å². The van der Waals surface area contributed by atoms with Crippen LogP contribution in [0.2, 0.25) is 0 Å². The van der Waals surface area contributed by atoms with Crippen LogP contribution in [0, 0.1) is 0 Å². The maximum Gasteiger partial charge on any atom is 0.132 e. The van der Waals surface area contributed by atoms with Gasteiger partial charge in [0.1, 0.15) is 11.5 Å². The first-order chi connectivity index (χ1) is 32.0. The summed E-state index contributed by atoms with van der Waals surface area (Å²) in [5.41, 5.74) is 19.0. The van der Waals surface area contributed by atoms with E-state index in [0.717, 1.165) is 39.7 Å². The Morgan fingerprint density at radius 1 is 0.385 bits per heavy atom. The molecule has 3 heteroatoms. The fraction of sp³-hybridized carbons (Fsp3) is 0.0645. The molecule has 1 spiro atoms. The molecule has 65 heavy (non-hydrogen) atoms. The van der Waals surface area contributed by atoms with Crippen molar-refractivity contribution in [2.75, 3.05) is 4.90 Å². The lowest BCUT2D eigenvalue weighted by Crippen LogP contribution is -2.36. The minimum absolute atomic E-state index is 0.0953. The largest absolute Gasteiger partial charge is 0.457 e. The molecule has 0 saturated carbocycles. The number of rotatable bonds is 4. The number of para-hydroxylation sites is 4. The normalized spacial score (nSPS) is 14.4. The predicted octanol–water partition coefficient (Wildman–Crippen LogP) is 16.2. The number of benzene rings is 10. The van der Waals surface area contributed by atoms with Gasteiger partial charge >= 0.3 is 0 Å². The van der Waals surface area contributed by atoms with Crippen LogP contribution in [0.25, 0.3) is 60.5 Å². The molecule has 3 aliphatic rings. The van der Waals surface area contributed by atoms with Crippen LogP contribution in [-0.2, 0) is 10.8 Å². The summed E-state index contributed by atoms with van der Waals surface area (Å²) in [6.45, 7) is 4.72. The summed E-state index contributed by atoms with van der Waals surface area (Å²) in [5, 5.41) is 4.90. The van der Waals surface area contributed by atoms with Gasteiger partial charge in [-0.2, -0.15) is 0 Å². The Balaban J connectivity index is 1.01. The molecule has 11 aromatic rings. The maximum absolute atomic E-state index is 6.71. The maximum atomic E-state index is 6.71. The van der Waals surface area contributed by atoms with Crippen molar-refractivity contribution in [1.29, 1.82) is 0 Å². The van der Waals surface area contributed by atoms with Gasteiger partial charge in [-0.3, -0.25) is 0 Å². The molecule has 0 amide bonds. The smallest absolute Gasteiger partial charge is 0.132 e. The van der Waals surface area contributed by atoms with Crippen molar-refractivity contribution in [2.45, 2.75) is 24.7 Å². The minimum atomic E-state index is -0.596. The summed E-state index contributed by atoms with van der Waals surface area (Å²) in [6, 6.07) is 80.7. The van der Waals surface area contributed by atoms with Crippen molar-refractivity contribution in [3.8, 4) is 39.4 Å². The van der Waals surface area contributed by atoms with Crippen molar-refractivity contribution >= 4 is 49.6 Å². The molecule has 0 fully saturated rings. The topological polar surface area (TPSA) is 17.4 Å². The summed E-state index contributed by atoms with van der Waals surface area (Å²) in [4.78, 5) is 2.46. The number of nitrogens with zero attached hydrogens (tertiary/aromatic N) is 2. The molecular weight excluding hydrogens is 789 g/mol. The first-order valence-corrected chi connectivity index (χ1v) is 22.7. The van der Waals surface area contributed by atoms with E-state index in [0.29, 0.717) is 0 Å². The Morgan fingerprint density at radius 3 is 1.75 bits per heavy atom. The Hall–Kier alpha value is -8.14. The van der Waals surface area contributed by atoms with Gasteiger partial charge in [-0.15, -0.1) is 0 Å². The summed E-state index contributed by atoms with van der Waals surface area (Å²) >= 11 is 0. The molecular formula is C62H42N2O. The molecule has 3 nitrogen and oxygen atoms in total. The fourth-order valence-electron chi connectivity index (χ4n) is 12.1. The molecule has 2 aliphatic carbocycles. The molecule has 0 radical (unpaired) electrons.